The lowest BCUT2D eigenvalue weighted by Crippen LogP contribution is -2.34. The van der Waals surface area contributed by atoms with Crippen LogP contribution in [-0.2, 0) is 19.5 Å². The van der Waals surface area contributed by atoms with Gasteiger partial charge >= 0.3 is 0 Å². The second-order valence-electron chi connectivity index (χ2n) is 6.53. The zero-order chi connectivity index (χ0) is 16.7. The van der Waals surface area contributed by atoms with Crippen molar-refractivity contribution in [3.63, 3.8) is 0 Å². The quantitative estimate of drug-likeness (QED) is 0.830. The van der Waals surface area contributed by atoms with Gasteiger partial charge in [-0.15, -0.1) is 0 Å². The molecular formula is C17H20N6O. The van der Waals surface area contributed by atoms with Gasteiger partial charge in [-0.05, 0) is 26.3 Å². The molecule has 0 spiro atoms. The van der Waals surface area contributed by atoms with E-state index >= 15 is 0 Å². The van der Waals surface area contributed by atoms with Crippen molar-refractivity contribution in [2.45, 2.75) is 45.9 Å². The third-order valence-electron chi connectivity index (χ3n) is 4.67. The number of fused-ring (bicyclic) bond motifs is 2. The van der Waals surface area contributed by atoms with Crippen LogP contribution in [0.15, 0.2) is 6.07 Å². The summed E-state index contributed by atoms with van der Waals surface area (Å²) in [5.74, 6) is 1.51. The van der Waals surface area contributed by atoms with Gasteiger partial charge in [0.05, 0.1) is 5.69 Å². The molecule has 0 saturated carbocycles. The maximum Gasteiger partial charge on any atom is 0.220 e. The highest BCUT2D eigenvalue weighted by atomic mass is 16.5. The van der Waals surface area contributed by atoms with E-state index in [9.17, 15) is 0 Å². The van der Waals surface area contributed by atoms with E-state index in [1.165, 1.54) is 0 Å². The Morgan fingerprint density at radius 2 is 2.21 bits per heavy atom. The molecule has 0 radical (unpaired) electrons. The Balaban J connectivity index is 1.47. The molecule has 124 valence electrons. The maximum absolute atomic E-state index is 9.03. The van der Waals surface area contributed by atoms with Gasteiger partial charge in [0.1, 0.15) is 18.0 Å². The van der Waals surface area contributed by atoms with Gasteiger partial charge in [-0.1, -0.05) is 0 Å². The first kappa shape index (κ1) is 15.1. The summed E-state index contributed by atoms with van der Waals surface area (Å²) in [6, 6.07) is 4.02. The van der Waals surface area contributed by atoms with Crippen molar-refractivity contribution in [2.75, 3.05) is 13.1 Å². The molecule has 0 fully saturated rings. The zero-order valence-corrected chi connectivity index (χ0v) is 14.0. The first-order valence-corrected chi connectivity index (χ1v) is 8.32. The van der Waals surface area contributed by atoms with E-state index in [0.29, 0.717) is 5.69 Å². The van der Waals surface area contributed by atoms with E-state index < -0.39 is 0 Å². The largest absolute Gasteiger partial charge is 0.472 e. The van der Waals surface area contributed by atoms with Gasteiger partial charge in [0.25, 0.3) is 0 Å². The number of rotatable bonds is 2. The predicted octanol–water partition coefficient (Wildman–Crippen LogP) is 1.37. The molecule has 1 atom stereocenters. The predicted molar refractivity (Wildman–Crippen MR) is 86.5 cm³/mol. The van der Waals surface area contributed by atoms with Gasteiger partial charge in [-0.3, -0.25) is 9.58 Å². The maximum atomic E-state index is 9.03. The minimum atomic E-state index is 0.111. The van der Waals surface area contributed by atoms with Crippen molar-refractivity contribution in [3.8, 4) is 11.9 Å². The Morgan fingerprint density at radius 3 is 3.04 bits per heavy atom. The van der Waals surface area contributed by atoms with Crippen LogP contribution in [0.1, 0.15) is 34.9 Å². The van der Waals surface area contributed by atoms with Gasteiger partial charge < -0.3 is 4.74 Å². The fourth-order valence-corrected chi connectivity index (χ4v) is 3.59. The Bertz CT molecular complexity index is 821. The topological polar surface area (TPSA) is 79.9 Å². The van der Waals surface area contributed by atoms with E-state index in [2.05, 4.69) is 26.0 Å². The molecule has 0 N–H and O–H groups in total. The molecule has 0 aliphatic carbocycles. The van der Waals surface area contributed by atoms with Gasteiger partial charge in [0, 0.05) is 43.9 Å². The molecule has 0 saturated heterocycles. The Morgan fingerprint density at radius 1 is 1.33 bits per heavy atom. The van der Waals surface area contributed by atoms with Crippen molar-refractivity contribution in [2.24, 2.45) is 0 Å². The van der Waals surface area contributed by atoms with E-state index in [4.69, 9.17) is 10.00 Å². The summed E-state index contributed by atoms with van der Waals surface area (Å²) in [6.45, 7) is 7.44. The standard InChI is InChI=1S/C17H20N6O/c1-11-16-7-15(24-17(16)20-12(2)19-11)10-22-4-3-5-23-14(9-22)6-13(8-18)21-23/h6,15H,3-5,7,9-10H2,1-2H3. The Labute approximate surface area is 140 Å². The number of hydrogen-bond donors (Lipinski definition) is 0. The lowest BCUT2D eigenvalue weighted by molar-refractivity contribution is 0.143. The molecule has 4 heterocycles. The fourth-order valence-electron chi connectivity index (χ4n) is 3.59. The molecule has 2 aromatic rings. The summed E-state index contributed by atoms with van der Waals surface area (Å²) < 4.78 is 8.02. The summed E-state index contributed by atoms with van der Waals surface area (Å²) >= 11 is 0. The normalized spacial score (nSPS) is 20.0. The molecule has 7 heteroatoms. The van der Waals surface area contributed by atoms with Crippen LogP contribution in [-0.4, -0.2) is 43.8 Å². The van der Waals surface area contributed by atoms with Crippen LogP contribution < -0.4 is 4.74 Å². The lowest BCUT2D eigenvalue weighted by atomic mass is 10.1. The second kappa shape index (κ2) is 5.87. The van der Waals surface area contributed by atoms with Crippen LogP contribution >= 0.6 is 0 Å². The molecule has 0 aromatic carbocycles. The van der Waals surface area contributed by atoms with Crippen molar-refractivity contribution < 1.29 is 4.74 Å². The summed E-state index contributed by atoms with van der Waals surface area (Å²) in [7, 11) is 0. The van der Waals surface area contributed by atoms with Gasteiger partial charge in [-0.25, -0.2) is 4.98 Å². The number of nitriles is 1. The first-order valence-electron chi connectivity index (χ1n) is 8.32. The number of ether oxygens (including phenoxy) is 1. The zero-order valence-electron chi connectivity index (χ0n) is 14.0. The SMILES string of the molecule is Cc1nc(C)c2c(n1)OC(CN1CCCn3nc(C#N)cc3C1)C2. The molecule has 0 amide bonds. The van der Waals surface area contributed by atoms with Crippen molar-refractivity contribution in [1.29, 1.82) is 5.26 Å². The van der Waals surface area contributed by atoms with Gasteiger partial charge in [-0.2, -0.15) is 15.3 Å². The molecule has 4 rings (SSSR count). The monoisotopic (exact) mass is 324 g/mol. The van der Waals surface area contributed by atoms with Gasteiger partial charge in [0.15, 0.2) is 5.69 Å². The number of aromatic nitrogens is 4. The second-order valence-corrected chi connectivity index (χ2v) is 6.53. The Hall–Kier alpha value is -2.46. The minimum absolute atomic E-state index is 0.111. The van der Waals surface area contributed by atoms with Crippen molar-refractivity contribution >= 4 is 0 Å². The highest BCUT2D eigenvalue weighted by molar-refractivity contribution is 5.34. The van der Waals surface area contributed by atoms with Crippen LogP contribution in [0.4, 0.5) is 0 Å². The molecule has 2 aromatic heterocycles. The molecule has 1 unspecified atom stereocenters. The van der Waals surface area contributed by atoms with E-state index in [0.717, 1.165) is 67.7 Å². The average molecular weight is 324 g/mol. The highest BCUT2D eigenvalue weighted by Crippen LogP contribution is 2.29. The van der Waals surface area contributed by atoms with Crippen LogP contribution in [0, 0.1) is 25.2 Å². The number of aryl methyl sites for hydroxylation is 3. The van der Waals surface area contributed by atoms with Crippen molar-refractivity contribution in [1.82, 2.24) is 24.6 Å². The molecule has 0 bridgehead atoms. The Kier molecular flexibility index (Phi) is 3.69. The highest BCUT2D eigenvalue weighted by Gasteiger charge is 2.29. The van der Waals surface area contributed by atoms with Crippen molar-refractivity contribution in [3.05, 3.63) is 34.5 Å². The fraction of sp³-hybridized carbons (Fsp3) is 0.529. The van der Waals surface area contributed by atoms with Gasteiger partial charge in [0.2, 0.25) is 5.88 Å². The summed E-state index contributed by atoms with van der Waals surface area (Å²) in [6.07, 6.45) is 2.00. The smallest absolute Gasteiger partial charge is 0.220 e. The molecule has 2 aliphatic rings. The first-order chi connectivity index (χ1) is 11.6. The number of nitrogens with zero attached hydrogens (tertiary/aromatic N) is 6. The molecule has 24 heavy (non-hydrogen) atoms. The summed E-state index contributed by atoms with van der Waals surface area (Å²) in [5, 5.41) is 13.4. The molecule has 2 aliphatic heterocycles. The van der Waals surface area contributed by atoms with Crippen LogP contribution in [0.25, 0.3) is 0 Å². The summed E-state index contributed by atoms with van der Waals surface area (Å²) in [5.41, 5.74) is 3.76. The van der Waals surface area contributed by atoms with Crippen LogP contribution in [0.3, 0.4) is 0 Å². The van der Waals surface area contributed by atoms with Crippen LogP contribution in [0.2, 0.25) is 0 Å². The van der Waals surface area contributed by atoms with E-state index in [1.807, 2.05) is 24.6 Å². The third kappa shape index (κ3) is 2.74. The third-order valence-corrected chi connectivity index (χ3v) is 4.67. The van der Waals surface area contributed by atoms with E-state index in [1.54, 1.807) is 0 Å². The van der Waals surface area contributed by atoms with E-state index in [-0.39, 0.29) is 6.10 Å². The number of hydrogen-bond acceptors (Lipinski definition) is 6. The molecular weight excluding hydrogens is 304 g/mol. The van der Waals surface area contributed by atoms with Crippen LogP contribution in [0.5, 0.6) is 5.88 Å². The summed E-state index contributed by atoms with van der Waals surface area (Å²) in [4.78, 5) is 11.2. The average Bonchev–Trinajstić information content (AvgIpc) is 3.06. The minimum Gasteiger partial charge on any atom is -0.472 e. The molecule has 7 nitrogen and oxygen atoms in total. The lowest BCUT2D eigenvalue weighted by Gasteiger charge is -2.22.